The van der Waals surface area contributed by atoms with Crippen molar-refractivity contribution in [2.75, 3.05) is 5.32 Å². The molecule has 27 heavy (non-hydrogen) atoms. The van der Waals surface area contributed by atoms with Gasteiger partial charge in [0.1, 0.15) is 0 Å². The second kappa shape index (κ2) is 7.26. The molecule has 136 valence electrons. The number of halogens is 2. The van der Waals surface area contributed by atoms with Crippen LogP contribution < -0.4 is 5.32 Å². The number of hydrogen-bond acceptors (Lipinski definition) is 2. The number of anilines is 1. The molecule has 0 radical (unpaired) electrons. The van der Waals surface area contributed by atoms with Crippen molar-refractivity contribution >= 4 is 39.9 Å². The standard InChI is InChI=1S/C22H19Cl2N3/c1-14(19-10-9-18(23)12-20(19)24)25-22-26-21(13-27(22)2)17-8-7-15-5-3-4-6-16(15)11-17/h3-14H,1-2H3,(H,25,26). The summed E-state index contributed by atoms with van der Waals surface area (Å²) in [6.45, 7) is 2.06. The van der Waals surface area contributed by atoms with E-state index in [1.54, 1.807) is 6.07 Å². The highest BCUT2D eigenvalue weighted by Crippen LogP contribution is 2.30. The summed E-state index contributed by atoms with van der Waals surface area (Å²) < 4.78 is 1.99. The van der Waals surface area contributed by atoms with Gasteiger partial charge in [-0.1, -0.05) is 65.7 Å². The summed E-state index contributed by atoms with van der Waals surface area (Å²) >= 11 is 12.3. The molecule has 1 heterocycles. The van der Waals surface area contributed by atoms with Gasteiger partial charge in [-0.25, -0.2) is 4.98 Å². The molecule has 4 aromatic rings. The fourth-order valence-corrected chi connectivity index (χ4v) is 3.78. The van der Waals surface area contributed by atoms with Gasteiger partial charge in [0.15, 0.2) is 0 Å². The molecule has 1 N–H and O–H groups in total. The molecule has 0 saturated heterocycles. The minimum Gasteiger partial charge on any atom is -0.349 e. The third kappa shape index (κ3) is 3.66. The number of aromatic nitrogens is 2. The van der Waals surface area contributed by atoms with E-state index >= 15 is 0 Å². The molecule has 0 aliphatic heterocycles. The number of benzene rings is 3. The van der Waals surface area contributed by atoms with E-state index < -0.39 is 0 Å². The van der Waals surface area contributed by atoms with Crippen molar-refractivity contribution < 1.29 is 0 Å². The first-order valence-electron chi connectivity index (χ1n) is 8.75. The lowest BCUT2D eigenvalue weighted by molar-refractivity contribution is 0.823. The summed E-state index contributed by atoms with van der Waals surface area (Å²) in [4.78, 5) is 4.78. The lowest BCUT2D eigenvalue weighted by atomic mass is 10.1. The number of nitrogens with one attached hydrogen (secondary N) is 1. The first-order valence-corrected chi connectivity index (χ1v) is 9.51. The Hall–Kier alpha value is -2.49. The van der Waals surface area contributed by atoms with E-state index in [-0.39, 0.29) is 6.04 Å². The summed E-state index contributed by atoms with van der Waals surface area (Å²) in [5.41, 5.74) is 3.01. The fraction of sp³-hybridized carbons (Fsp3) is 0.136. The lowest BCUT2D eigenvalue weighted by Crippen LogP contribution is -2.10. The molecule has 4 rings (SSSR count). The monoisotopic (exact) mass is 395 g/mol. The molecule has 5 heteroatoms. The third-order valence-corrected chi connectivity index (χ3v) is 5.26. The van der Waals surface area contributed by atoms with E-state index in [0.717, 1.165) is 22.8 Å². The Morgan fingerprint density at radius 2 is 1.74 bits per heavy atom. The predicted octanol–water partition coefficient (Wildman–Crippen LogP) is 6.72. The van der Waals surface area contributed by atoms with Crippen LogP contribution in [0.2, 0.25) is 10.0 Å². The second-order valence-corrected chi connectivity index (χ2v) is 7.50. The van der Waals surface area contributed by atoms with Crippen LogP contribution >= 0.6 is 23.2 Å². The van der Waals surface area contributed by atoms with Crippen molar-refractivity contribution in [3.05, 3.63) is 82.5 Å². The van der Waals surface area contributed by atoms with Gasteiger partial charge in [0.2, 0.25) is 5.95 Å². The highest BCUT2D eigenvalue weighted by atomic mass is 35.5. The van der Waals surface area contributed by atoms with E-state index in [1.807, 2.05) is 36.0 Å². The van der Waals surface area contributed by atoms with Crippen molar-refractivity contribution in [1.29, 1.82) is 0 Å². The maximum atomic E-state index is 6.34. The van der Waals surface area contributed by atoms with Crippen LogP contribution in [0, 0.1) is 0 Å². The van der Waals surface area contributed by atoms with Crippen molar-refractivity contribution in [3.8, 4) is 11.3 Å². The Balaban J connectivity index is 1.62. The van der Waals surface area contributed by atoms with E-state index in [4.69, 9.17) is 28.2 Å². The molecule has 0 aliphatic rings. The number of imidazole rings is 1. The van der Waals surface area contributed by atoms with Crippen LogP contribution in [0.25, 0.3) is 22.0 Å². The zero-order valence-electron chi connectivity index (χ0n) is 15.1. The molecule has 1 atom stereocenters. The van der Waals surface area contributed by atoms with E-state index in [0.29, 0.717) is 10.0 Å². The van der Waals surface area contributed by atoms with Gasteiger partial charge < -0.3 is 9.88 Å². The first-order chi connectivity index (χ1) is 13.0. The highest BCUT2D eigenvalue weighted by molar-refractivity contribution is 6.35. The number of fused-ring (bicyclic) bond motifs is 1. The SMILES string of the molecule is CC(Nc1nc(-c2ccc3ccccc3c2)cn1C)c1ccc(Cl)cc1Cl. The minimum atomic E-state index is 0.000296. The maximum Gasteiger partial charge on any atom is 0.203 e. The normalized spacial score (nSPS) is 12.3. The molecule has 1 unspecified atom stereocenters. The average Bonchev–Trinajstić information content (AvgIpc) is 3.01. The zero-order chi connectivity index (χ0) is 19.0. The van der Waals surface area contributed by atoms with Crippen LogP contribution in [-0.2, 0) is 7.05 Å². The van der Waals surface area contributed by atoms with Gasteiger partial charge in [-0.3, -0.25) is 0 Å². The molecule has 0 fully saturated rings. The molecule has 0 amide bonds. The summed E-state index contributed by atoms with van der Waals surface area (Å²) in [6.07, 6.45) is 2.03. The minimum absolute atomic E-state index is 0.000296. The first kappa shape index (κ1) is 17.9. The van der Waals surface area contributed by atoms with Crippen molar-refractivity contribution in [3.63, 3.8) is 0 Å². The number of rotatable bonds is 4. The summed E-state index contributed by atoms with van der Waals surface area (Å²) in [7, 11) is 1.98. The predicted molar refractivity (Wildman–Crippen MR) is 115 cm³/mol. The molecule has 1 aromatic heterocycles. The number of hydrogen-bond donors (Lipinski definition) is 1. The largest absolute Gasteiger partial charge is 0.349 e. The average molecular weight is 396 g/mol. The molecule has 3 nitrogen and oxygen atoms in total. The summed E-state index contributed by atoms with van der Waals surface area (Å²) in [6, 6.07) is 20.3. The van der Waals surface area contributed by atoms with Crippen LogP contribution in [0.15, 0.2) is 66.9 Å². The number of nitrogens with zero attached hydrogens (tertiary/aromatic N) is 2. The molecule has 0 aliphatic carbocycles. The van der Waals surface area contributed by atoms with Crippen LogP contribution in [0.4, 0.5) is 5.95 Å². The van der Waals surface area contributed by atoms with Crippen LogP contribution in [-0.4, -0.2) is 9.55 Å². The van der Waals surface area contributed by atoms with E-state index in [1.165, 1.54) is 10.8 Å². The van der Waals surface area contributed by atoms with E-state index in [9.17, 15) is 0 Å². The van der Waals surface area contributed by atoms with Gasteiger partial charge in [-0.2, -0.15) is 0 Å². The smallest absolute Gasteiger partial charge is 0.203 e. The Bertz CT molecular complexity index is 1120. The van der Waals surface area contributed by atoms with Crippen molar-refractivity contribution in [2.24, 2.45) is 7.05 Å². The molecule has 0 spiro atoms. The van der Waals surface area contributed by atoms with Gasteiger partial charge >= 0.3 is 0 Å². The van der Waals surface area contributed by atoms with Crippen LogP contribution in [0.1, 0.15) is 18.5 Å². The van der Waals surface area contributed by atoms with Gasteiger partial charge in [0.05, 0.1) is 11.7 Å². The lowest BCUT2D eigenvalue weighted by Gasteiger charge is -2.16. The summed E-state index contributed by atoms with van der Waals surface area (Å²) in [5.74, 6) is 0.789. The topological polar surface area (TPSA) is 29.9 Å². The molecular weight excluding hydrogens is 377 g/mol. The Morgan fingerprint density at radius 3 is 2.52 bits per heavy atom. The molecular formula is C22H19Cl2N3. The van der Waals surface area contributed by atoms with Crippen molar-refractivity contribution in [2.45, 2.75) is 13.0 Å². The Morgan fingerprint density at radius 1 is 0.963 bits per heavy atom. The van der Waals surface area contributed by atoms with Crippen LogP contribution in [0.5, 0.6) is 0 Å². The Labute approximate surface area is 168 Å². The van der Waals surface area contributed by atoms with Gasteiger partial charge in [0.25, 0.3) is 0 Å². The Kier molecular flexibility index (Phi) is 4.81. The molecule has 0 saturated carbocycles. The molecule has 3 aromatic carbocycles. The van der Waals surface area contributed by atoms with E-state index in [2.05, 4.69) is 48.6 Å². The van der Waals surface area contributed by atoms with Crippen LogP contribution in [0.3, 0.4) is 0 Å². The zero-order valence-corrected chi connectivity index (χ0v) is 16.6. The second-order valence-electron chi connectivity index (χ2n) is 6.65. The van der Waals surface area contributed by atoms with Gasteiger partial charge in [-0.05, 0) is 41.5 Å². The molecule has 0 bridgehead atoms. The highest BCUT2D eigenvalue weighted by Gasteiger charge is 2.14. The van der Waals surface area contributed by atoms with Gasteiger partial charge in [0, 0.05) is 28.9 Å². The van der Waals surface area contributed by atoms with Crippen molar-refractivity contribution in [1.82, 2.24) is 9.55 Å². The van der Waals surface area contributed by atoms with Gasteiger partial charge in [-0.15, -0.1) is 0 Å². The number of aryl methyl sites for hydroxylation is 1. The summed E-state index contributed by atoms with van der Waals surface area (Å²) in [5, 5.41) is 7.14. The maximum absolute atomic E-state index is 6.34. The fourth-order valence-electron chi connectivity index (χ4n) is 3.21. The third-order valence-electron chi connectivity index (χ3n) is 4.70. The quantitative estimate of drug-likeness (QED) is 0.415.